The van der Waals surface area contributed by atoms with Crippen LogP contribution in [0.15, 0.2) is 18.3 Å². The van der Waals surface area contributed by atoms with Gasteiger partial charge in [-0.15, -0.1) is 0 Å². The Bertz CT molecular complexity index is 705. The number of halogens is 3. The van der Waals surface area contributed by atoms with Gasteiger partial charge in [-0.1, -0.05) is 6.07 Å². The lowest BCUT2D eigenvalue weighted by Gasteiger charge is -2.27. The summed E-state index contributed by atoms with van der Waals surface area (Å²) in [6, 6.07) is 2.48. The predicted octanol–water partition coefficient (Wildman–Crippen LogP) is 2.42. The number of nitrogens with zero attached hydrogens (tertiary/aromatic N) is 3. The van der Waals surface area contributed by atoms with Gasteiger partial charge in [0.15, 0.2) is 0 Å². The molecule has 2 saturated heterocycles. The fraction of sp³-hybridized carbons (Fsp3) is 0.632. The molecule has 1 atom stereocenters. The Morgan fingerprint density at radius 3 is 2.48 bits per heavy atom. The first-order chi connectivity index (χ1) is 13.8. The standard InChI is InChI=1S/C19H26F3N5O2/c20-19(21,22)13-25-17(28)15-5-4-10-27(15)18(29)24-12-14-6-7-16(23-11-14)26-8-2-1-3-9-26/h6-7,11,15H,1-5,8-10,12-13H2,(H,24,29)(H,25,28). The normalized spacial score (nSPS) is 19.9. The lowest BCUT2D eigenvalue weighted by atomic mass is 10.1. The van der Waals surface area contributed by atoms with Crippen molar-refractivity contribution in [3.05, 3.63) is 23.9 Å². The minimum atomic E-state index is -4.48. The summed E-state index contributed by atoms with van der Waals surface area (Å²) in [4.78, 5) is 32.4. The Morgan fingerprint density at radius 1 is 1.07 bits per heavy atom. The molecule has 3 heterocycles. The molecule has 0 aliphatic carbocycles. The number of hydrogen-bond donors (Lipinski definition) is 2. The van der Waals surface area contributed by atoms with Crippen LogP contribution in [0.2, 0.25) is 0 Å². The minimum absolute atomic E-state index is 0.236. The first-order valence-electron chi connectivity index (χ1n) is 9.92. The van der Waals surface area contributed by atoms with E-state index in [1.165, 1.54) is 11.3 Å². The van der Waals surface area contributed by atoms with Crippen molar-refractivity contribution in [2.75, 3.05) is 31.1 Å². The van der Waals surface area contributed by atoms with Crippen molar-refractivity contribution in [3.63, 3.8) is 0 Å². The van der Waals surface area contributed by atoms with E-state index in [4.69, 9.17) is 0 Å². The third-order valence-corrected chi connectivity index (χ3v) is 5.21. The summed E-state index contributed by atoms with van der Waals surface area (Å²) in [6.07, 6.45) is 1.72. The average molecular weight is 413 g/mol. The van der Waals surface area contributed by atoms with Crippen LogP contribution in [0.5, 0.6) is 0 Å². The Labute approximate surface area is 167 Å². The first kappa shape index (κ1) is 21.2. The zero-order valence-electron chi connectivity index (χ0n) is 16.2. The highest BCUT2D eigenvalue weighted by Gasteiger charge is 2.36. The van der Waals surface area contributed by atoms with Crippen molar-refractivity contribution in [3.8, 4) is 0 Å². The summed E-state index contributed by atoms with van der Waals surface area (Å²) in [5.41, 5.74) is 0.816. The molecule has 7 nitrogen and oxygen atoms in total. The second-order valence-corrected chi connectivity index (χ2v) is 7.42. The van der Waals surface area contributed by atoms with Gasteiger partial charge >= 0.3 is 12.2 Å². The van der Waals surface area contributed by atoms with E-state index in [0.29, 0.717) is 19.4 Å². The molecule has 0 saturated carbocycles. The molecule has 1 unspecified atom stereocenters. The van der Waals surface area contributed by atoms with E-state index < -0.39 is 30.7 Å². The molecule has 1 aromatic rings. The molecule has 0 spiro atoms. The maximum atomic E-state index is 12.4. The number of hydrogen-bond acceptors (Lipinski definition) is 4. The van der Waals surface area contributed by atoms with Gasteiger partial charge in [-0.2, -0.15) is 13.2 Å². The number of likely N-dealkylation sites (tertiary alicyclic amines) is 1. The lowest BCUT2D eigenvalue weighted by Crippen LogP contribution is -2.50. The van der Waals surface area contributed by atoms with Crippen LogP contribution in [0.3, 0.4) is 0 Å². The molecule has 2 aliphatic heterocycles. The van der Waals surface area contributed by atoms with Crippen LogP contribution in [0.25, 0.3) is 0 Å². The number of nitrogens with one attached hydrogen (secondary N) is 2. The smallest absolute Gasteiger partial charge is 0.357 e. The van der Waals surface area contributed by atoms with E-state index in [2.05, 4.69) is 15.2 Å². The number of carbonyl (C=O) groups excluding carboxylic acids is 2. The molecule has 10 heteroatoms. The molecule has 0 radical (unpaired) electrons. The van der Waals surface area contributed by atoms with E-state index in [1.807, 2.05) is 17.4 Å². The van der Waals surface area contributed by atoms with Crippen molar-refractivity contribution >= 4 is 17.8 Å². The van der Waals surface area contributed by atoms with E-state index in [9.17, 15) is 22.8 Å². The fourth-order valence-corrected chi connectivity index (χ4v) is 3.70. The van der Waals surface area contributed by atoms with Crippen molar-refractivity contribution in [1.82, 2.24) is 20.5 Å². The maximum Gasteiger partial charge on any atom is 0.405 e. The first-order valence-corrected chi connectivity index (χ1v) is 9.92. The highest BCUT2D eigenvalue weighted by molar-refractivity contribution is 5.87. The summed E-state index contributed by atoms with van der Waals surface area (Å²) in [5, 5.41) is 4.59. The van der Waals surface area contributed by atoms with Crippen molar-refractivity contribution in [2.24, 2.45) is 0 Å². The number of piperidine rings is 1. The fourth-order valence-electron chi connectivity index (χ4n) is 3.70. The monoisotopic (exact) mass is 413 g/mol. The Morgan fingerprint density at radius 2 is 1.83 bits per heavy atom. The molecule has 3 amide bonds. The third-order valence-electron chi connectivity index (χ3n) is 5.21. The molecule has 29 heavy (non-hydrogen) atoms. The van der Waals surface area contributed by atoms with Crippen LogP contribution in [0.4, 0.5) is 23.8 Å². The van der Waals surface area contributed by atoms with Gasteiger partial charge in [0.25, 0.3) is 0 Å². The summed E-state index contributed by atoms with van der Waals surface area (Å²) >= 11 is 0. The summed E-state index contributed by atoms with van der Waals surface area (Å²) in [7, 11) is 0. The van der Waals surface area contributed by atoms with Gasteiger partial charge in [-0.05, 0) is 43.7 Å². The molecular weight excluding hydrogens is 387 g/mol. The number of urea groups is 1. The number of alkyl halides is 3. The van der Waals surface area contributed by atoms with Crippen LogP contribution in [-0.4, -0.2) is 60.2 Å². The van der Waals surface area contributed by atoms with Crippen LogP contribution < -0.4 is 15.5 Å². The van der Waals surface area contributed by atoms with E-state index in [-0.39, 0.29) is 6.54 Å². The molecule has 0 bridgehead atoms. The van der Waals surface area contributed by atoms with Gasteiger partial charge in [-0.3, -0.25) is 4.79 Å². The molecule has 3 rings (SSSR count). The summed E-state index contributed by atoms with van der Waals surface area (Å²) < 4.78 is 36.9. The number of anilines is 1. The van der Waals surface area contributed by atoms with Gasteiger partial charge < -0.3 is 20.4 Å². The van der Waals surface area contributed by atoms with Gasteiger partial charge in [-0.25, -0.2) is 9.78 Å². The number of pyridine rings is 1. The van der Waals surface area contributed by atoms with Gasteiger partial charge in [0.1, 0.15) is 18.4 Å². The second kappa shape index (κ2) is 9.32. The minimum Gasteiger partial charge on any atom is -0.357 e. The van der Waals surface area contributed by atoms with Gasteiger partial charge in [0, 0.05) is 32.4 Å². The molecule has 1 aromatic heterocycles. The summed E-state index contributed by atoms with van der Waals surface area (Å²) in [6.45, 7) is 1.17. The van der Waals surface area contributed by atoms with Gasteiger partial charge in [0.05, 0.1) is 0 Å². The summed E-state index contributed by atoms with van der Waals surface area (Å²) in [5.74, 6) is 0.142. The van der Waals surface area contributed by atoms with Gasteiger partial charge in [0.2, 0.25) is 5.91 Å². The Hall–Kier alpha value is -2.52. The highest BCUT2D eigenvalue weighted by atomic mass is 19.4. The molecule has 2 fully saturated rings. The molecule has 2 aliphatic rings. The largest absolute Gasteiger partial charge is 0.405 e. The van der Waals surface area contributed by atoms with Crippen LogP contribution in [0, 0.1) is 0 Å². The molecule has 0 aromatic carbocycles. The van der Waals surface area contributed by atoms with Crippen molar-refractivity contribution in [2.45, 2.75) is 50.9 Å². The van der Waals surface area contributed by atoms with Crippen LogP contribution in [-0.2, 0) is 11.3 Å². The van der Waals surface area contributed by atoms with Crippen molar-refractivity contribution < 1.29 is 22.8 Å². The molecule has 160 valence electrons. The Kier molecular flexibility index (Phi) is 6.81. The number of aromatic nitrogens is 1. The Balaban J connectivity index is 1.49. The quantitative estimate of drug-likeness (QED) is 0.777. The van der Waals surface area contributed by atoms with E-state index in [0.717, 1.165) is 37.3 Å². The number of carbonyl (C=O) groups is 2. The maximum absolute atomic E-state index is 12.4. The van der Waals surface area contributed by atoms with Crippen molar-refractivity contribution in [1.29, 1.82) is 0 Å². The topological polar surface area (TPSA) is 77.6 Å². The average Bonchev–Trinajstić information content (AvgIpc) is 3.21. The zero-order valence-corrected chi connectivity index (χ0v) is 16.2. The SMILES string of the molecule is O=C(NCC(F)(F)F)C1CCCN1C(=O)NCc1ccc(N2CCCCC2)nc1. The third kappa shape index (κ3) is 5.98. The van der Waals surface area contributed by atoms with E-state index in [1.54, 1.807) is 6.20 Å². The lowest BCUT2D eigenvalue weighted by molar-refractivity contribution is -0.140. The number of rotatable bonds is 5. The molecular formula is C19H26F3N5O2. The molecule has 2 N–H and O–H groups in total. The zero-order chi connectivity index (χ0) is 20.9. The second-order valence-electron chi connectivity index (χ2n) is 7.42. The highest BCUT2D eigenvalue weighted by Crippen LogP contribution is 2.20. The van der Waals surface area contributed by atoms with Crippen LogP contribution in [0.1, 0.15) is 37.7 Å². The predicted molar refractivity (Wildman–Crippen MR) is 101 cm³/mol. The van der Waals surface area contributed by atoms with Crippen LogP contribution >= 0.6 is 0 Å². The number of amides is 3. The van der Waals surface area contributed by atoms with E-state index >= 15 is 0 Å².